The Kier molecular flexibility index (Phi) is 4.69. The molecule has 0 aliphatic rings. The average Bonchev–Trinajstić information content (AvgIpc) is 2.59. The number of ether oxygens (including phenoxy) is 1. The molecule has 1 amide bonds. The Labute approximate surface area is 105 Å². The van der Waals surface area contributed by atoms with Crippen molar-refractivity contribution in [3.05, 3.63) is 16.5 Å². The summed E-state index contributed by atoms with van der Waals surface area (Å²) in [4.78, 5) is 23.6. The van der Waals surface area contributed by atoms with Crippen molar-refractivity contribution in [1.29, 1.82) is 0 Å². The molecule has 0 aliphatic carbocycles. The molecule has 0 saturated carbocycles. The van der Waals surface area contributed by atoms with Gasteiger partial charge in [-0.05, 0) is 25.5 Å². The van der Waals surface area contributed by atoms with Gasteiger partial charge in [-0.2, -0.15) is 0 Å². The van der Waals surface area contributed by atoms with E-state index < -0.39 is 0 Å². The van der Waals surface area contributed by atoms with Crippen LogP contribution >= 0.6 is 11.3 Å². The van der Waals surface area contributed by atoms with Crippen molar-refractivity contribution in [2.45, 2.75) is 27.7 Å². The van der Waals surface area contributed by atoms with Gasteiger partial charge < -0.3 is 10.1 Å². The predicted octanol–water partition coefficient (Wildman–Crippen LogP) is 2.83. The van der Waals surface area contributed by atoms with Gasteiger partial charge in [0.15, 0.2) is 0 Å². The first-order valence-electron chi connectivity index (χ1n) is 5.54. The highest BCUT2D eigenvalue weighted by molar-refractivity contribution is 7.18. The number of aryl methyl sites for hydroxylation is 1. The highest BCUT2D eigenvalue weighted by atomic mass is 32.1. The second-order valence-corrected chi connectivity index (χ2v) is 5.04. The van der Waals surface area contributed by atoms with Crippen LogP contribution in [0.1, 0.15) is 36.0 Å². The van der Waals surface area contributed by atoms with Crippen molar-refractivity contribution in [1.82, 2.24) is 0 Å². The number of anilines is 1. The minimum Gasteiger partial charge on any atom is -0.462 e. The molecule has 0 atom stereocenters. The summed E-state index contributed by atoms with van der Waals surface area (Å²) in [6.07, 6.45) is 0. The van der Waals surface area contributed by atoms with Crippen LogP contribution in [-0.4, -0.2) is 18.5 Å². The first kappa shape index (κ1) is 13.7. The van der Waals surface area contributed by atoms with Gasteiger partial charge in [-0.1, -0.05) is 13.8 Å². The summed E-state index contributed by atoms with van der Waals surface area (Å²) >= 11 is 1.25. The minimum absolute atomic E-state index is 0.0540. The molecule has 5 heteroatoms. The van der Waals surface area contributed by atoms with Gasteiger partial charge in [0.05, 0.1) is 11.6 Å². The van der Waals surface area contributed by atoms with E-state index in [0.29, 0.717) is 16.5 Å². The molecule has 0 unspecified atom stereocenters. The normalized spacial score (nSPS) is 10.4. The van der Waals surface area contributed by atoms with E-state index in [1.165, 1.54) is 11.3 Å². The first-order valence-corrected chi connectivity index (χ1v) is 6.35. The fourth-order valence-electron chi connectivity index (χ4n) is 1.21. The second-order valence-electron chi connectivity index (χ2n) is 3.99. The Hall–Kier alpha value is -1.36. The quantitative estimate of drug-likeness (QED) is 0.842. The van der Waals surface area contributed by atoms with E-state index in [9.17, 15) is 9.59 Å². The maximum absolute atomic E-state index is 11.6. The van der Waals surface area contributed by atoms with E-state index in [0.717, 1.165) is 5.56 Å². The zero-order chi connectivity index (χ0) is 13.0. The van der Waals surface area contributed by atoms with E-state index >= 15 is 0 Å². The molecule has 1 aromatic rings. The number of esters is 1. The lowest BCUT2D eigenvalue weighted by Gasteiger charge is -2.04. The van der Waals surface area contributed by atoms with Gasteiger partial charge in [-0.3, -0.25) is 4.79 Å². The molecule has 4 nitrogen and oxygen atoms in total. The molecular weight excluding hydrogens is 238 g/mol. The monoisotopic (exact) mass is 255 g/mol. The molecular formula is C12H17NO3S. The standard InChI is InChI=1S/C12H17NO3S/c1-5-16-12(15)10-8(4)6-9(17-10)13-11(14)7(2)3/h6-7H,5H2,1-4H3,(H,13,14). The lowest BCUT2D eigenvalue weighted by Crippen LogP contribution is -2.16. The molecule has 1 N–H and O–H groups in total. The van der Waals surface area contributed by atoms with Crippen LogP contribution in [0.4, 0.5) is 5.00 Å². The molecule has 1 heterocycles. The van der Waals surface area contributed by atoms with Gasteiger partial charge in [0, 0.05) is 5.92 Å². The van der Waals surface area contributed by atoms with Crippen LogP contribution in [0.2, 0.25) is 0 Å². The molecule has 0 aromatic carbocycles. The third-order valence-electron chi connectivity index (χ3n) is 2.15. The molecule has 0 bridgehead atoms. The molecule has 0 radical (unpaired) electrons. The number of carbonyl (C=O) groups is 2. The van der Waals surface area contributed by atoms with Crippen molar-refractivity contribution in [3.8, 4) is 0 Å². The summed E-state index contributed by atoms with van der Waals surface area (Å²) < 4.78 is 4.93. The lowest BCUT2D eigenvalue weighted by molar-refractivity contribution is -0.118. The summed E-state index contributed by atoms with van der Waals surface area (Å²) in [6.45, 7) is 7.59. The summed E-state index contributed by atoms with van der Waals surface area (Å²) in [5.41, 5.74) is 0.826. The number of carbonyl (C=O) groups excluding carboxylic acids is 2. The summed E-state index contributed by atoms with van der Waals surface area (Å²) in [7, 11) is 0. The zero-order valence-electron chi connectivity index (χ0n) is 10.5. The summed E-state index contributed by atoms with van der Waals surface area (Å²) in [5.74, 6) is -0.467. The predicted molar refractivity (Wildman–Crippen MR) is 68.5 cm³/mol. The molecule has 17 heavy (non-hydrogen) atoms. The van der Waals surface area contributed by atoms with E-state index in [2.05, 4.69) is 5.32 Å². The number of hydrogen-bond donors (Lipinski definition) is 1. The lowest BCUT2D eigenvalue weighted by atomic mass is 10.2. The summed E-state index contributed by atoms with van der Waals surface area (Å²) in [5, 5.41) is 3.46. The highest BCUT2D eigenvalue weighted by Crippen LogP contribution is 2.27. The zero-order valence-corrected chi connectivity index (χ0v) is 11.3. The van der Waals surface area contributed by atoms with E-state index in [-0.39, 0.29) is 17.8 Å². The molecule has 1 rings (SSSR count). The van der Waals surface area contributed by atoms with Crippen molar-refractivity contribution in [2.24, 2.45) is 5.92 Å². The van der Waals surface area contributed by atoms with Crippen LogP contribution < -0.4 is 5.32 Å². The molecule has 0 spiro atoms. The number of nitrogens with one attached hydrogen (secondary N) is 1. The largest absolute Gasteiger partial charge is 0.462 e. The van der Waals surface area contributed by atoms with Gasteiger partial charge in [0.2, 0.25) is 5.91 Å². The molecule has 0 saturated heterocycles. The number of amides is 1. The van der Waals surface area contributed by atoms with Crippen LogP contribution in [0.3, 0.4) is 0 Å². The van der Waals surface area contributed by atoms with Crippen LogP contribution in [0.25, 0.3) is 0 Å². The topological polar surface area (TPSA) is 55.4 Å². The molecule has 1 aromatic heterocycles. The van der Waals surface area contributed by atoms with E-state index in [1.54, 1.807) is 13.0 Å². The van der Waals surface area contributed by atoms with Gasteiger partial charge >= 0.3 is 5.97 Å². The van der Waals surface area contributed by atoms with Crippen molar-refractivity contribution >= 4 is 28.2 Å². The Morgan fingerprint density at radius 1 is 1.47 bits per heavy atom. The number of thiophene rings is 1. The summed E-state index contributed by atoms with van der Waals surface area (Å²) in [6, 6.07) is 1.79. The second kappa shape index (κ2) is 5.82. The third kappa shape index (κ3) is 3.56. The van der Waals surface area contributed by atoms with E-state index in [4.69, 9.17) is 4.74 Å². The van der Waals surface area contributed by atoms with Crippen LogP contribution in [-0.2, 0) is 9.53 Å². The Morgan fingerprint density at radius 2 is 2.12 bits per heavy atom. The Morgan fingerprint density at radius 3 is 2.65 bits per heavy atom. The average molecular weight is 255 g/mol. The third-order valence-corrected chi connectivity index (χ3v) is 3.28. The van der Waals surface area contributed by atoms with Crippen molar-refractivity contribution < 1.29 is 14.3 Å². The Bertz CT molecular complexity index is 423. The maximum Gasteiger partial charge on any atom is 0.348 e. The first-order chi connectivity index (χ1) is 7.95. The number of hydrogen-bond acceptors (Lipinski definition) is 4. The van der Waals surface area contributed by atoms with Crippen LogP contribution in [0.15, 0.2) is 6.07 Å². The van der Waals surface area contributed by atoms with Crippen molar-refractivity contribution in [3.63, 3.8) is 0 Å². The highest BCUT2D eigenvalue weighted by Gasteiger charge is 2.16. The Balaban J connectivity index is 2.81. The van der Waals surface area contributed by atoms with Crippen LogP contribution in [0, 0.1) is 12.8 Å². The van der Waals surface area contributed by atoms with Crippen LogP contribution in [0.5, 0.6) is 0 Å². The van der Waals surface area contributed by atoms with Crippen molar-refractivity contribution in [2.75, 3.05) is 11.9 Å². The molecule has 0 aliphatic heterocycles. The SMILES string of the molecule is CCOC(=O)c1sc(NC(=O)C(C)C)cc1C. The minimum atomic E-state index is -0.333. The van der Waals surface area contributed by atoms with Gasteiger partial charge in [-0.15, -0.1) is 11.3 Å². The molecule has 94 valence electrons. The number of rotatable bonds is 4. The smallest absolute Gasteiger partial charge is 0.348 e. The molecule has 0 fully saturated rings. The van der Waals surface area contributed by atoms with Gasteiger partial charge in [0.25, 0.3) is 0 Å². The van der Waals surface area contributed by atoms with Gasteiger partial charge in [0.1, 0.15) is 4.88 Å². The fourth-order valence-corrected chi connectivity index (χ4v) is 2.18. The van der Waals surface area contributed by atoms with Gasteiger partial charge in [-0.25, -0.2) is 4.79 Å². The fraction of sp³-hybridized carbons (Fsp3) is 0.500. The maximum atomic E-state index is 11.6. The van der Waals surface area contributed by atoms with E-state index in [1.807, 2.05) is 20.8 Å².